The third-order valence-corrected chi connectivity index (χ3v) is 8.29. The molecule has 1 aliphatic rings. The number of carbonyl (C=O) groups excluding carboxylic acids is 1. The third-order valence-electron chi connectivity index (χ3n) is 7.19. The van der Waals surface area contributed by atoms with E-state index < -0.39 is 5.41 Å². The molecule has 0 atom stereocenters. The number of aliphatic hydroxyl groups excluding tert-OH is 1. The average molecular weight is 740 g/mol. The Kier molecular flexibility index (Phi) is 8.53. The first-order valence-corrected chi connectivity index (χ1v) is 14.3. The average Bonchev–Trinajstić information content (AvgIpc) is 2.88. The summed E-state index contributed by atoms with van der Waals surface area (Å²) >= 11 is 1.82. The second-order valence-electron chi connectivity index (χ2n) is 12.5. The number of hydrogen-bond acceptors (Lipinski definition) is 5. The summed E-state index contributed by atoms with van der Waals surface area (Å²) in [4.78, 5) is 23.3. The van der Waals surface area contributed by atoms with Crippen molar-refractivity contribution in [3.05, 3.63) is 84.0 Å². The van der Waals surface area contributed by atoms with E-state index in [1.54, 1.807) is 0 Å². The zero-order valence-corrected chi connectivity index (χ0v) is 28.0. The van der Waals surface area contributed by atoms with E-state index in [1.807, 2.05) is 71.6 Å². The van der Waals surface area contributed by atoms with Gasteiger partial charge in [0.1, 0.15) is 5.76 Å². The van der Waals surface area contributed by atoms with Gasteiger partial charge in [-0.15, -0.1) is 41.6 Å². The second kappa shape index (κ2) is 11.3. The molecule has 2 aromatic heterocycles. The molecule has 0 spiro atoms. The fraction of sp³-hybridized carbons (Fsp3) is 0.286. The topological polar surface area (TPSA) is 63.1 Å². The summed E-state index contributed by atoms with van der Waals surface area (Å²) in [7, 11) is 0. The predicted octanol–water partition coefficient (Wildman–Crippen LogP) is 9.57. The molecule has 0 bridgehead atoms. The number of ketones is 1. The first kappa shape index (κ1) is 30.9. The maximum absolute atomic E-state index is 11.5. The van der Waals surface area contributed by atoms with Gasteiger partial charge in [0.05, 0.1) is 0 Å². The van der Waals surface area contributed by atoms with Crippen LogP contribution in [-0.2, 0) is 24.9 Å². The fourth-order valence-electron chi connectivity index (χ4n) is 4.84. The van der Waals surface area contributed by atoms with Crippen LogP contribution in [0.2, 0.25) is 0 Å². The minimum absolute atomic E-state index is 0. The van der Waals surface area contributed by atoms with Gasteiger partial charge in [-0.05, 0) is 64.7 Å². The molecule has 1 aliphatic heterocycles. The zero-order valence-electron chi connectivity index (χ0n) is 24.8. The summed E-state index contributed by atoms with van der Waals surface area (Å²) in [6.45, 7) is 15.3. The number of nitrogens with zero attached hydrogens (tertiary/aromatic N) is 2. The first-order chi connectivity index (χ1) is 18.8. The molecule has 213 valence electrons. The van der Waals surface area contributed by atoms with Gasteiger partial charge in [0, 0.05) is 64.9 Å². The molecule has 4 nitrogen and oxygen atoms in total. The Balaban J connectivity index is 0.000000239. The van der Waals surface area contributed by atoms with E-state index in [1.165, 1.54) is 48.2 Å². The van der Waals surface area contributed by atoms with Gasteiger partial charge in [-0.25, -0.2) is 0 Å². The van der Waals surface area contributed by atoms with Gasteiger partial charge in [0.2, 0.25) is 0 Å². The molecular formula is C35H35IrN2O2S-. The van der Waals surface area contributed by atoms with Crippen molar-refractivity contribution in [1.29, 1.82) is 0 Å². The quantitative estimate of drug-likeness (QED) is 0.0788. The van der Waals surface area contributed by atoms with Crippen LogP contribution >= 0.6 is 11.8 Å². The van der Waals surface area contributed by atoms with Crippen LogP contribution in [0.3, 0.4) is 0 Å². The van der Waals surface area contributed by atoms with Crippen molar-refractivity contribution in [1.82, 2.24) is 9.97 Å². The van der Waals surface area contributed by atoms with Crippen LogP contribution in [0.15, 0.2) is 76.4 Å². The van der Waals surface area contributed by atoms with Gasteiger partial charge in [-0.2, -0.15) is 0 Å². The van der Waals surface area contributed by atoms with E-state index in [-0.39, 0.29) is 37.1 Å². The Morgan fingerprint density at radius 1 is 0.878 bits per heavy atom. The van der Waals surface area contributed by atoms with Crippen molar-refractivity contribution >= 4 is 49.9 Å². The maximum atomic E-state index is 11.5. The summed E-state index contributed by atoms with van der Waals surface area (Å²) in [5.41, 5.74) is 3.53. The molecule has 1 N–H and O–H groups in total. The maximum Gasteiger partial charge on any atom is 0.164 e. The summed E-state index contributed by atoms with van der Waals surface area (Å²) < 4.78 is 0. The largest absolute Gasteiger partial charge is 0.512 e. The normalized spacial score (nSPS) is 12.9. The monoisotopic (exact) mass is 740 g/mol. The van der Waals surface area contributed by atoms with E-state index in [0.29, 0.717) is 0 Å². The number of carbonyl (C=O) groups is 1. The molecule has 0 saturated carbocycles. The van der Waals surface area contributed by atoms with E-state index in [4.69, 9.17) is 4.98 Å². The summed E-state index contributed by atoms with van der Waals surface area (Å²) in [6.07, 6.45) is 3.26. The molecule has 0 unspecified atom stereocenters. The van der Waals surface area contributed by atoms with Crippen molar-refractivity contribution in [3.8, 4) is 11.3 Å². The van der Waals surface area contributed by atoms with Gasteiger partial charge >= 0.3 is 0 Å². The van der Waals surface area contributed by atoms with Crippen LogP contribution in [0.4, 0.5) is 0 Å². The van der Waals surface area contributed by atoms with Crippen LogP contribution < -0.4 is 0 Å². The van der Waals surface area contributed by atoms with E-state index in [9.17, 15) is 9.90 Å². The first-order valence-electron chi connectivity index (χ1n) is 13.5. The van der Waals surface area contributed by atoms with Crippen molar-refractivity contribution < 1.29 is 30.0 Å². The van der Waals surface area contributed by atoms with Crippen molar-refractivity contribution in [2.75, 3.05) is 0 Å². The zero-order chi connectivity index (χ0) is 29.0. The van der Waals surface area contributed by atoms with E-state index in [0.717, 1.165) is 22.6 Å². The van der Waals surface area contributed by atoms with Crippen molar-refractivity contribution in [2.45, 2.75) is 65.2 Å². The number of aromatic nitrogens is 2. The number of allylic oxidation sites excluding steroid dienone is 2. The van der Waals surface area contributed by atoms with Crippen molar-refractivity contribution in [2.24, 2.45) is 10.8 Å². The molecule has 0 amide bonds. The Labute approximate surface area is 260 Å². The van der Waals surface area contributed by atoms with Crippen LogP contribution in [0.5, 0.6) is 0 Å². The Bertz CT molecular complexity index is 1850. The van der Waals surface area contributed by atoms with Crippen molar-refractivity contribution in [3.63, 3.8) is 0 Å². The fourth-order valence-corrected chi connectivity index (χ4v) is 5.97. The molecule has 3 heterocycles. The number of pyridine rings is 2. The SMILES string of the molecule is CC(C)(C)C(=O)/C=C(\O)C(C)(C)C.Cc1cc2c(ccc3c4ccnc5c4c(cc23)Sc2ccc[c-]c2-5)c(C)n1.[Ir]. The van der Waals surface area contributed by atoms with Crippen LogP contribution in [0.25, 0.3) is 43.6 Å². The molecule has 6 rings (SSSR count). The molecule has 41 heavy (non-hydrogen) atoms. The Hall–Kier alpha value is -3.05. The minimum atomic E-state index is -0.417. The van der Waals surface area contributed by atoms with Crippen LogP contribution in [0, 0.1) is 30.7 Å². The van der Waals surface area contributed by atoms with Gasteiger partial charge in [0.15, 0.2) is 5.78 Å². The second-order valence-corrected chi connectivity index (χ2v) is 13.6. The smallest absolute Gasteiger partial charge is 0.164 e. The number of rotatable bonds is 1. The molecule has 0 saturated heterocycles. The number of hydrogen-bond donors (Lipinski definition) is 1. The van der Waals surface area contributed by atoms with Gasteiger partial charge < -0.3 is 10.1 Å². The molecule has 5 aromatic rings. The standard InChI is InChI=1S/C24H15N2S.C11H20O2.Ir/c1-13-11-19-15(14(2)26-13)7-8-16-17-9-10-25-24-18-5-3-4-6-21(18)27-22(23(17)24)12-20(16)19;1-10(2,3)8(12)7-9(13)11(4,5)6;/h3-4,6-12H,1-2H3;7,12H,1-6H3;/q-1;;/b;8-7-;. The summed E-state index contributed by atoms with van der Waals surface area (Å²) in [5.74, 6) is 0.104. The molecule has 0 fully saturated rings. The summed E-state index contributed by atoms with van der Waals surface area (Å²) in [6, 6.07) is 20.7. The third kappa shape index (κ3) is 5.97. The number of aryl methyl sites for hydroxylation is 2. The van der Waals surface area contributed by atoms with E-state index in [2.05, 4.69) is 61.3 Å². The minimum Gasteiger partial charge on any atom is -0.512 e. The number of fused-ring (bicyclic) bond motifs is 6. The van der Waals surface area contributed by atoms with Gasteiger partial charge in [0.25, 0.3) is 0 Å². The molecule has 0 aliphatic carbocycles. The van der Waals surface area contributed by atoms with Crippen LogP contribution in [-0.4, -0.2) is 20.9 Å². The van der Waals surface area contributed by atoms with E-state index >= 15 is 0 Å². The number of benzene rings is 3. The Morgan fingerprint density at radius 3 is 2.24 bits per heavy atom. The van der Waals surface area contributed by atoms with Gasteiger partial charge in [-0.3, -0.25) is 9.78 Å². The molecular weight excluding hydrogens is 705 g/mol. The summed E-state index contributed by atoms with van der Waals surface area (Å²) in [5, 5.41) is 17.1. The molecule has 6 heteroatoms. The predicted molar refractivity (Wildman–Crippen MR) is 167 cm³/mol. The molecule has 1 radical (unpaired) electrons. The van der Waals surface area contributed by atoms with Gasteiger partial charge in [-0.1, -0.05) is 58.6 Å². The van der Waals surface area contributed by atoms with Crippen LogP contribution in [0.1, 0.15) is 52.9 Å². The Morgan fingerprint density at radius 2 is 1.56 bits per heavy atom. The number of aliphatic hydroxyl groups is 1. The molecule has 3 aromatic carbocycles.